The molecule has 116 valence electrons. The number of carbonyl (C=O) groups is 1. The van der Waals surface area contributed by atoms with Gasteiger partial charge < -0.3 is 10.4 Å². The summed E-state index contributed by atoms with van der Waals surface area (Å²) in [7, 11) is -3.05. The number of aromatic carboxylic acids is 1. The van der Waals surface area contributed by atoms with Crippen molar-refractivity contribution >= 4 is 15.8 Å². The molecule has 0 radical (unpaired) electrons. The van der Waals surface area contributed by atoms with Crippen LogP contribution in [0.4, 0.5) is 0 Å². The molecule has 0 amide bonds. The molecule has 2 saturated heterocycles. The highest BCUT2D eigenvalue weighted by Gasteiger charge is 2.35. The number of carboxylic acids is 1. The fourth-order valence-electron chi connectivity index (χ4n) is 3.17. The van der Waals surface area contributed by atoms with Crippen LogP contribution in [0.25, 0.3) is 0 Å². The van der Waals surface area contributed by atoms with Crippen molar-refractivity contribution in [2.24, 2.45) is 0 Å². The van der Waals surface area contributed by atoms with Gasteiger partial charge in [-0.05, 0) is 32.4 Å². The number of carboxylic acid groups (broad SMARTS) is 1. The number of hydrogen-bond acceptors (Lipinski definition) is 6. The highest BCUT2D eigenvalue weighted by molar-refractivity contribution is 7.91. The van der Waals surface area contributed by atoms with Crippen LogP contribution < -0.4 is 5.32 Å². The molecule has 1 unspecified atom stereocenters. The highest BCUT2D eigenvalue weighted by Crippen LogP contribution is 2.32. The van der Waals surface area contributed by atoms with Gasteiger partial charge in [0.15, 0.2) is 15.5 Å². The molecule has 1 aromatic heterocycles. The summed E-state index contributed by atoms with van der Waals surface area (Å²) in [6.45, 7) is 1.63. The topological polar surface area (TPSA) is 114 Å². The van der Waals surface area contributed by atoms with Gasteiger partial charge in [0, 0.05) is 5.92 Å². The van der Waals surface area contributed by atoms with Crippen molar-refractivity contribution in [3.63, 3.8) is 0 Å². The maximum absolute atomic E-state index is 11.7. The lowest BCUT2D eigenvalue weighted by atomic mass is 9.92. The molecule has 0 spiro atoms. The summed E-state index contributed by atoms with van der Waals surface area (Å²) in [4.78, 5) is 11.4. The first kappa shape index (κ1) is 14.5. The molecule has 3 heterocycles. The lowest BCUT2D eigenvalue weighted by Gasteiger charge is -2.24. The summed E-state index contributed by atoms with van der Waals surface area (Å²) in [5.41, 5.74) is 0.553. The minimum Gasteiger partial charge on any atom is -0.476 e. The zero-order valence-corrected chi connectivity index (χ0v) is 12.3. The van der Waals surface area contributed by atoms with Crippen LogP contribution in [0.1, 0.15) is 47.4 Å². The Labute approximate surface area is 122 Å². The van der Waals surface area contributed by atoms with E-state index < -0.39 is 15.8 Å². The summed E-state index contributed by atoms with van der Waals surface area (Å²) >= 11 is 0. The van der Waals surface area contributed by atoms with E-state index >= 15 is 0 Å². The summed E-state index contributed by atoms with van der Waals surface area (Å²) in [5, 5.41) is 20.3. The van der Waals surface area contributed by atoms with Crippen molar-refractivity contribution in [3.8, 4) is 0 Å². The number of sulfone groups is 1. The number of aromatic nitrogens is 3. The van der Waals surface area contributed by atoms with Gasteiger partial charge in [0.1, 0.15) is 0 Å². The average molecular weight is 314 g/mol. The minimum absolute atomic E-state index is 0.0212. The van der Waals surface area contributed by atoms with E-state index in [0.29, 0.717) is 12.1 Å². The van der Waals surface area contributed by atoms with Crippen molar-refractivity contribution in [2.75, 3.05) is 24.6 Å². The van der Waals surface area contributed by atoms with Gasteiger partial charge in [-0.3, -0.25) is 0 Å². The van der Waals surface area contributed by atoms with E-state index in [2.05, 4.69) is 15.6 Å². The lowest BCUT2D eigenvalue weighted by Crippen LogP contribution is -2.29. The summed E-state index contributed by atoms with van der Waals surface area (Å²) in [6.07, 6.45) is 2.10. The Kier molecular flexibility index (Phi) is 3.70. The Hall–Kier alpha value is -1.48. The van der Waals surface area contributed by atoms with Gasteiger partial charge in [0.05, 0.1) is 23.2 Å². The monoisotopic (exact) mass is 314 g/mol. The van der Waals surface area contributed by atoms with E-state index in [-0.39, 0.29) is 29.2 Å². The van der Waals surface area contributed by atoms with E-state index in [1.165, 1.54) is 0 Å². The molecule has 0 saturated carbocycles. The zero-order valence-electron chi connectivity index (χ0n) is 11.5. The van der Waals surface area contributed by atoms with Crippen LogP contribution in [0.3, 0.4) is 0 Å². The van der Waals surface area contributed by atoms with Gasteiger partial charge in [0.2, 0.25) is 0 Å². The fraction of sp³-hybridized carbons (Fsp3) is 0.750. The third-order valence-corrected chi connectivity index (χ3v) is 5.96. The number of nitrogens with zero attached hydrogens (tertiary/aromatic N) is 3. The first-order chi connectivity index (χ1) is 9.98. The summed E-state index contributed by atoms with van der Waals surface area (Å²) in [6, 6.07) is -0.291. The molecule has 9 heteroatoms. The predicted octanol–water partition coefficient (Wildman–Crippen LogP) is -0.197. The van der Waals surface area contributed by atoms with Crippen LogP contribution in [0.15, 0.2) is 0 Å². The Morgan fingerprint density at radius 1 is 1.29 bits per heavy atom. The molecule has 0 bridgehead atoms. The van der Waals surface area contributed by atoms with Crippen LogP contribution in [-0.2, 0) is 9.84 Å². The molecular formula is C12H18N4O4S. The van der Waals surface area contributed by atoms with Gasteiger partial charge in [-0.15, -0.1) is 5.10 Å². The highest BCUT2D eigenvalue weighted by atomic mass is 32.2. The third kappa shape index (κ3) is 2.80. The second-order valence-electron chi connectivity index (χ2n) is 5.65. The van der Waals surface area contributed by atoms with Crippen LogP contribution >= 0.6 is 0 Å². The van der Waals surface area contributed by atoms with E-state index in [0.717, 1.165) is 25.9 Å². The summed E-state index contributed by atoms with van der Waals surface area (Å²) in [5.74, 6) is -0.884. The lowest BCUT2D eigenvalue weighted by molar-refractivity contribution is 0.0688. The molecule has 2 N–H and O–H groups in total. The van der Waals surface area contributed by atoms with Crippen molar-refractivity contribution in [3.05, 3.63) is 11.4 Å². The largest absolute Gasteiger partial charge is 0.476 e. The van der Waals surface area contributed by atoms with Gasteiger partial charge >= 0.3 is 5.97 Å². The SMILES string of the molecule is O=C(O)c1nnn(C2CCS(=O)(=O)C2)c1C1CCNCC1. The van der Waals surface area contributed by atoms with Crippen molar-refractivity contribution in [1.29, 1.82) is 0 Å². The maximum Gasteiger partial charge on any atom is 0.358 e. The molecule has 3 rings (SSSR count). The Balaban J connectivity index is 1.98. The first-order valence-corrected chi connectivity index (χ1v) is 8.89. The van der Waals surface area contributed by atoms with E-state index in [1.807, 2.05) is 0 Å². The Bertz CT molecular complexity index is 648. The number of hydrogen-bond donors (Lipinski definition) is 2. The number of piperidine rings is 1. The van der Waals surface area contributed by atoms with Crippen LogP contribution in [0, 0.1) is 0 Å². The van der Waals surface area contributed by atoms with Gasteiger partial charge in [0.25, 0.3) is 0 Å². The molecule has 8 nitrogen and oxygen atoms in total. The van der Waals surface area contributed by atoms with E-state index in [9.17, 15) is 18.3 Å². The predicted molar refractivity (Wildman–Crippen MR) is 74.1 cm³/mol. The first-order valence-electron chi connectivity index (χ1n) is 7.07. The molecule has 1 atom stereocenters. The number of nitrogens with one attached hydrogen (secondary N) is 1. The molecule has 2 aliphatic heterocycles. The van der Waals surface area contributed by atoms with Crippen molar-refractivity contribution in [2.45, 2.75) is 31.2 Å². The second kappa shape index (κ2) is 5.38. The van der Waals surface area contributed by atoms with Crippen molar-refractivity contribution in [1.82, 2.24) is 20.3 Å². The van der Waals surface area contributed by atoms with Crippen LogP contribution in [-0.4, -0.2) is 59.1 Å². The quantitative estimate of drug-likeness (QED) is 0.794. The molecule has 2 fully saturated rings. The third-order valence-electron chi connectivity index (χ3n) is 4.21. The van der Waals surface area contributed by atoms with E-state index in [4.69, 9.17) is 0 Å². The Morgan fingerprint density at radius 3 is 2.57 bits per heavy atom. The van der Waals surface area contributed by atoms with Crippen molar-refractivity contribution < 1.29 is 18.3 Å². The average Bonchev–Trinajstić information content (AvgIpc) is 3.02. The number of rotatable bonds is 3. The van der Waals surface area contributed by atoms with Gasteiger partial charge in [-0.1, -0.05) is 5.21 Å². The standard InChI is InChI=1S/C12H18N4O4S/c17-12(18)10-11(8-1-4-13-5-2-8)16(15-14-10)9-3-6-21(19,20)7-9/h8-9,13H,1-7H2,(H,17,18). The van der Waals surface area contributed by atoms with E-state index in [1.54, 1.807) is 4.68 Å². The van der Waals surface area contributed by atoms with Gasteiger partial charge in [-0.2, -0.15) is 0 Å². The molecular weight excluding hydrogens is 296 g/mol. The van der Waals surface area contributed by atoms with Gasteiger partial charge in [-0.25, -0.2) is 17.9 Å². The molecule has 1 aromatic rings. The zero-order chi connectivity index (χ0) is 15.0. The fourth-order valence-corrected chi connectivity index (χ4v) is 4.86. The second-order valence-corrected chi connectivity index (χ2v) is 7.88. The molecule has 2 aliphatic rings. The van der Waals surface area contributed by atoms with Crippen LogP contribution in [0.5, 0.6) is 0 Å². The smallest absolute Gasteiger partial charge is 0.358 e. The Morgan fingerprint density at radius 2 is 2.00 bits per heavy atom. The van der Waals surface area contributed by atoms with Crippen LogP contribution in [0.2, 0.25) is 0 Å². The minimum atomic E-state index is -3.05. The maximum atomic E-state index is 11.7. The molecule has 21 heavy (non-hydrogen) atoms. The normalized spacial score (nSPS) is 26.0. The summed E-state index contributed by atoms with van der Waals surface area (Å²) < 4.78 is 24.9. The molecule has 0 aromatic carbocycles. The molecule has 0 aliphatic carbocycles.